The number of aromatic nitrogens is 2. The molecule has 0 aliphatic heterocycles. The Bertz CT molecular complexity index is 3760. The zero-order valence-electron chi connectivity index (χ0n) is 35.9. The molecule has 11 aromatic rings. The number of nitrogens with zero attached hydrogens (tertiary/aromatic N) is 3. The molecule has 0 spiro atoms. The van der Waals surface area contributed by atoms with E-state index in [2.05, 4.69) is 143 Å². The molecule has 11 rings (SSSR count). The van der Waals surface area contributed by atoms with E-state index < -0.39 is 11.7 Å². The van der Waals surface area contributed by atoms with Crippen molar-refractivity contribution in [1.29, 1.82) is 0 Å². The van der Waals surface area contributed by atoms with Gasteiger partial charge in [0.1, 0.15) is 0 Å². The molecule has 312 valence electrons. The predicted molar refractivity (Wildman–Crippen MR) is 262 cm³/mol. The Balaban J connectivity index is 1.18. The number of benzene rings is 9. The van der Waals surface area contributed by atoms with Crippen molar-refractivity contribution in [2.45, 2.75) is 26.9 Å². The van der Waals surface area contributed by atoms with Crippen LogP contribution in [0.3, 0.4) is 0 Å². The number of hydrogen-bond donors (Lipinski definition) is 0. The van der Waals surface area contributed by atoms with E-state index >= 15 is 0 Å². The molecule has 0 saturated heterocycles. The van der Waals surface area contributed by atoms with Gasteiger partial charge in [-0.25, -0.2) is 4.85 Å². The van der Waals surface area contributed by atoms with Crippen molar-refractivity contribution in [3.63, 3.8) is 0 Å². The third kappa shape index (κ3) is 6.67. The van der Waals surface area contributed by atoms with Gasteiger partial charge in [0.15, 0.2) is 5.69 Å². The van der Waals surface area contributed by atoms with Crippen LogP contribution in [-0.2, 0) is 6.18 Å². The molecule has 2 heterocycles. The lowest BCUT2D eigenvalue weighted by Gasteiger charge is -2.19. The van der Waals surface area contributed by atoms with Gasteiger partial charge in [-0.3, -0.25) is 0 Å². The van der Waals surface area contributed by atoms with E-state index in [0.717, 1.165) is 77.2 Å². The summed E-state index contributed by atoms with van der Waals surface area (Å²) in [6.07, 6.45) is -4.52. The summed E-state index contributed by atoms with van der Waals surface area (Å²) in [5, 5.41) is 4.34. The molecule has 0 unspecified atom stereocenters. The topological polar surface area (TPSA) is 14.2 Å². The second kappa shape index (κ2) is 15.3. The largest absolute Gasteiger partial charge is 0.416 e. The molecule has 0 bridgehead atoms. The van der Waals surface area contributed by atoms with Gasteiger partial charge in [-0.2, -0.15) is 13.2 Å². The molecule has 0 radical (unpaired) electrons. The van der Waals surface area contributed by atoms with Crippen molar-refractivity contribution in [2.24, 2.45) is 0 Å². The summed E-state index contributed by atoms with van der Waals surface area (Å²) >= 11 is 0. The highest BCUT2D eigenvalue weighted by atomic mass is 19.4. The molecule has 6 heteroatoms. The average Bonchev–Trinajstić information content (AvgIpc) is 3.83. The number of halogens is 3. The Labute approximate surface area is 374 Å². The minimum absolute atomic E-state index is 0.428. The normalized spacial score (nSPS) is 11.8. The minimum atomic E-state index is -4.52. The molecule has 0 saturated carbocycles. The number of alkyl halides is 3. The molecule has 0 aliphatic rings. The van der Waals surface area contributed by atoms with Crippen molar-refractivity contribution >= 4 is 49.3 Å². The Hall–Kier alpha value is -8.14. The van der Waals surface area contributed by atoms with Crippen LogP contribution in [0, 0.1) is 27.3 Å². The molecule has 0 atom stereocenters. The highest BCUT2D eigenvalue weighted by molar-refractivity contribution is 6.12. The maximum absolute atomic E-state index is 14.3. The lowest BCUT2D eigenvalue weighted by Crippen LogP contribution is -2.05. The Morgan fingerprint density at radius 2 is 0.954 bits per heavy atom. The van der Waals surface area contributed by atoms with Crippen molar-refractivity contribution in [3.8, 4) is 55.9 Å². The quantitative estimate of drug-likeness (QED) is 0.148. The first-order valence-electron chi connectivity index (χ1n) is 21.6. The summed E-state index contributed by atoms with van der Waals surface area (Å²) in [6.45, 7) is 14.5. The van der Waals surface area contributed by atoms with Gasteiger partial charge in [0.25, 0.3) is 0 Å². The second-order valence-electron chi connectivity index (χ2n) is 16.9. The molecule has 3 nitrogen and oxygen atoms in total. The van der Waals surface area contributed by atoms with Gasteiger partial charge in [0, 0.05) is 27.2 Å². The number of rotatable bonds is 6. The molecule has 9 aromatic carbocycles. The van der Waals surface area contributed by atoms with Gasteiger partial charge in [0.2, 0.25) is 0 Å². The van der Waals surface area contributed by atoms with Crippen LogP contribution in [0.5, 0.6) is 0 Å². The summed E-state index contributed by atoms with van der Waals surface area (Å²) in [6, 6.07) is 62.5. The third-order valence-corrected chi connectivity index (χ3v) is 12.9. The van der Waals surface area contributed by atoms with E-state index in [0.29, 0.717) is 27.9 Å². The second-order valence-corrected chi connectivity index (χ2v) is 16.9. The molecule has 0 amide bonds. The number of aryl methyl sites for hydroxylation is 3. The standard InChI is InChI=1S/C59H40F3N3/c1-36-29-42(31-43(30-36)59(60,61)62)39-21-26-58(65-55-20-12-10-18-48(55)51-34-41(23-28-57(51)65)46-16-8-6-14-38(46)3)52(32-39)49-35-44(24-25-53(49)63-4)64-54-19-11-9-17-47(54)50-33-40(22-27-56(50)64)45-15-7-5-13-37(45)2/h5-35H,1-3H3. The van der Waals surface area contributed by atoms with Crippen LogP contribution in [0.2, 0.25) is 0 Å². The zero-order chi connectivity index (χ0) is 44.6. The number of para-hydroxylation sites is 2. The van der Waals surface area contributed by atoms with Gasteiger partial charge in [-0.15, -0.1) is 0 Å². The van der Waals surface area contributed by atoms with Gasteiger partial charge < -0.3 is 9.13 Å². The lowest BCUT2D eigenvalue weighted by atomic mass is 9.94. The van der Waals surface area contributed by atoms with E-state index in [1.54, 1.807) is 13.0 Å². The van der Waals surface area contributed by atoms with Crippen molar-refractivity contribution in [1.82, 2.24) is 9.13 Å². The Kier molecular flexibility index (Phi) is 9.34. The summed E-state index contributed by atoms with van der Waals surface area (Å²) in [5.41, 5.74) is 15.3. The summed E-state index contributed by atoms with van der Waals surface area (Å²) < 4.78 is 47.4. The van der Waals surface area contributed by atoms with Gasteiger partial charge in [-0.05, 0) is 155 Å². The molecule has 2 aromatic heterocycles. The van der Waals surface area contributed by atoms with Crippen molar-refractivity contribution < 1.29 is 13.2 Å². The number of hydrogen-bond acceptors (Lipinski definition) is 0. The van der Waals surface area contributed by atoms with Crippen LogP contribution in [0.15, 0.2) is 188 Å². The summed E-state index contributed by atoms with van der Waals surface area (Å²) in [7, 11) is 0. The van der Waals surface area contributed by atoms with E-state index in [4.69, 9.17) is 6.57 Å². The van der Waals surface area contributed by atoms with Gasteiger partial charge >= 0.3 is 6.18 Å². The fraction of sp³-hybridized carbons (Fsp3) is 0.0678. The SMILES string of the molecule is [C-]#[N+]c1ccc(-n2c3ccccc3c3cc(-c4ccccc4C)ccc32)cc1-c1cc(-c2cc(C)cc(C(F)(F)F)c2)ccc1-n1c2ccccc2c2cc(-c3ccccc3C)ccc21. The van der Waals surface area contributed by atoms with E-state index in [-0.39, 0.29) is 0 Å². The van der Waals surface area contributed by atoms with Gasteiger partial charge in [0.05, 0.1) is 39.9 Å². The van der Waals surface area contributed by atoms with Crippen LogP contribution in [0.1, 0.15) is 22.3 Å². The van der Waals surface area contributed by atoms with Crippen LogP contribution in [0.25, 0.3) is 104 Å². The van der Waals surface area contributed by atoms with E-state index in [1.165, 1.54) is 28.8 Å². The third-order valence-electron chi connectivity index (χ3n) is 12.9. The maximum Gasteiger partial charge on any atom is 0.416 e. The van der Waals surface area contributed by atoms with Crippen LogP contribution in [0.4, 0.5) is 18.9 Å². The molecule has 65 heavy (non-hydrogen) atoms. The first kappa shape index (κ1) is 39.7. The van der Waals surface area contributed by atoms with Crippen LogP contribution < -0.4 is 0 Å². The fourth-order valence-corrected chi connectivity index (χ4v) is 9.83. The fourth-order valence-electron chi connectivity index (χ4n) is 9.83. The monoisotopic (exact) mass is 847 g/mol. The molecular formula is C59H40F3N3. The highest BCUT2D eigenvalue weighted by Gasteiger charge is 2.31. The predicted octanol–water partition coefficient (Wildman–Crippen LogP) is 17.0. The lowest BCUT2D eigenvalue weighted by molar-refractivity contribution is -0.137. The van der Waals surface area contributed by atoms with E-state index in [9.17, 15) is 13.2 Å². The summed E-state index contributed by atoms with van der Waals surface area (Å²) in [5.74, 6) is 0. The Morgan fingerprint density at radius 3 is 1.55 bits per heavy atom. The van der Waals surface area contributed by atoms with Crippen molar-refractivity contribution in [3.05, 3.63) is 222 Å². The Morgan fingerprint density at radius 1 is 0.415 bits per heavy atom. The average molecular weight is 848 g/mol. The zero-order valence-corrected chi connectivity index (χ0v) is 35.9. The first-order chi connectivity index (χ1) is 31.6. The molecular weight excluding hydrogens is 808 g/mol. The molecule has 0 N–H and O–H groups in total. The highest BCUT2D eigenvalue weighted by Crippen LogP contribution is 2.45. The summed E-state index contributed by atoms with van der Waals surface area (Å²) in [4.78, 5) is 4.09. The van der Waals surface area contributed by atoms with Gasteiger partial charge in [-0.1, -0.05) is 115 Å². The molecule has 0 fully saturated rings. The minimum Gasteiger partial charge on any atom is -0.309 e. The maximum atomic E-state index is 14.3. The molecule has 0 aliphatic carbocycles. The van der Waals surface area contributed by atoms with E-state index in [1.807, 2.05) is 54.6 Å². The van der Waals surface area contributed by atoms with Crippen molar-refractivity contribution in [2.75, 3.05) is 0 Å². The van der Waals surface area contributed by atoms with Crippen LogP contribution >= 0.6 is 0 Å². The number of fused-ring (bicyclic) bond motifs is 6. The van der Waals surface area contributed by atoms with Crippen LogP contribution in [-0.4, -0.2) is 9.13 Å². The first-order valence-corrected chi connectivity index (χ1v) is 21.6. The smallest absolute Gasteiger partial charge is 0.309 e.